The summed E-state index contributed by atoms with van der Waals surface area (Å²) in [6, 6.07) is 7.98. The second kappa shape index (κ2) is 8.14. The lowest BCUT2D eigenvalue weighted by Gasteiger charge is -2.26. The lowest BCUT2D eigenvalue weighted by Crippen LogP contribution is -2.36. The Balaban J connectivity index is 1.59. The summed E-state index contributed by atoms with van der Waals surface area (Å²) < 4.78 is 11.7. The number of furan rings is 1. The van der Waals surface area contributed by atoms with Crippen molar-refractivity contribution < 1.29 is 18.7 Å². The van der Waals surface area contributed by atoms with Crippen LogP contribution in [-0.4, -0.2) is 28.0 Å². The maximum absolute atomic E-state index is 13.0. The molecule has 3 aromatic rings. The number of nitrogens with zero attached hydrogens (tertiary/aromatic N) is 2. The van der Waals surface area contributed by atoms with Crippen LogP contribution in [0.5, 0.6) is 0 Å². The molecular formula is C22H23N3O5. The monoisotopic (exact) mass is 409 g/mol. The summed E-state index contributed by atoms with van der Waals surface area (Å²) in [7, 11) is 0. The number of aromatic nitrogens is 2. The number of ether oxygens (including phenoxy) is 1. The van der Waals surface area contributed by atoms with Crippen LogP contribution in [0.2, 0.25) is 0 Å². The van der Waals surface area contributed by atoms with Crippen LogP contribution in [0.3, 0.4) is 0 Å². The zero-order valence-corrected chi connectivity index (χ0v) is 16.9. The normalized spacial score (nSPS) is 15.6. The van der Waals surface area contributed by atoms with E-state index in [4.69, 9.17) is 9.15 Å². The maximum Gasteiger partial charge on any atom is 0.342 e. The van der Waals surface area contributed by atoms with E-state index in [1.54, 1.807) is 13.8 Å². The highest BCUT2D eigenvalue weighted by Crippen LogP contribution is 2.29. The number of amides is 1. The smallest absolute Gasteiger partial charge is 0.342 e. The molecule has 30 heavy (non-hydrogen) atoms. The van der Waals surface area contributed by atoms with Crippen LogP contribution in [0, 0.1) is 6.92 Å². The third kappa shape index (κ3) is 3.60. The molecule has 156 valence electrons. The summed E-state index contributed by atoms with van der Waals surface area (Å²) in [5.74, 6) is -0.680. The number of nitrogens with one attached hydrogen (secondary N) is 1. The van der Waals surface area contributed by atoms with Crippen molar-refractivity contribution in [2.24, 2.45) is 0 Å². The molecule has 1 aliphatic rings. The number of hydrogen-bond donors (Lipinski definition) is 1. The lowest BCUT2D eigenvalue weighted by atomic mass is 9.88. The van der Waals surface area contributed by atoms with Crippen LogP contribution in [0.4, 0.5) is 0 Å². The highest BCUT2D eigenvalue weighted by Gasteiger charge is 2.25. The predicted octanol–water partition coefficient (Wildman–Crippen LogP) is 2.67. The molecule has 8 heteroatoms. The minimum absolute atomic E-state index is 0.0317. The minimum Gasteiger partial charge on any atom is -0.462 e. The average Bonchev–Trinajstić information content (AvgIpc) is 3.07. The number of benzene rings is 1. The van der Waals surface area contributed by atoms with Crippen molar-refractivity contribution in [2.45, 2.75) is 45.7 Å². The summed E-state index contributed by atoms with van der Waals surface area (Å²) in [5, 5.41) is 3.05. The molecular weight excluding hydrogens is 386 g/mol. The van der Waals surface area contributed by atoms with Gasteiger partial charge in [0, 0.05) is 0 Å². The summed E-state index contributed by atoms with van der Waals surface area (Å²) in [4.78, 5) is 42.0. The fourth-order valence-corrected chi connectivity index (χ4v) is 4.00. The summed E-state index contributed by atoms with van der Waals surface area (Å²) in [5.41, 5.74) is 1.95. The van der Waals surface area contributed by atoms with Gasteiger partial charge in [0.15, 0.2) is 0 Å². The Kier molecular flexibility index (Phi) is 5.39. The molecule has 0 bridgehead atoms. The van der Waals surface area contributed by atoms with E-state index in [1.807, 2.05) is 18.2 Å². The van der Waals surface area contributed by atoms with E-state index in [0.717, 1.165) is 24.8 Å². The van der Waals surface area contributed by atoms with Crippen LogP contribution in [0.25, 0.3) is 11.1 Å². The Morgan fingerprint density at radius 2 is 2.13 bits per heavy atom. The van der Waals surface area contributed by atoms with Crippen LogP contribution >= 0.6 is 0 Å². The largest absolute Gasteiger partial charge is 0.462 e. The molecule has 0 radical (unpaired) electrons. The highest BCUT2D eigenvalue weighted by atomic mass is 16.5. The topological polar surface area (TPSA) is 103 Å². The van der Waals surface area contributed by atoms with Crippen molar-refractivity contribution >= 4 is 23.0 Å². The first-order chi connectivity index (χ1) is 14.5. The molecule has 1 atom stereocenters. The quantitative estimate of drug-likeness (QED) is 0.650. The van der Waals surface area contributed by atoms with Gasteiger partial charge in [-0.05, 0) is 44.2 Å². The van der Waals surface area contributed by atoms with Crippen molar-refractivity contribution in [3.05, 3.63) is 63.4 Å². The van der Waals surface area contributed by atoms with Gasteiger partial charge in [0.25, 0.3) is 5.56 Å². The van der Waals surface area contributed by atoms with Crippen molar-refractivity contribution in [1.82, 2.24) is 14.9 Å². The second-order valence-corrected chi connectivity index (χ2v) is 7.32. The van der Waals surface area contributed by atoms with Crippen molar-refractivity contribution in [3.8, 4) is 0 Å². The van der Waals surface area contributed by atoms with E-state index in [0.29, 0.717) is 0 Å². The Bertz CT molecular complexity index is 1180. The van der Waals surface area contributed by atoms with Gasteiger partial charge in [0.2, 0.25) is 11.6 Å². The molecule has 0 aliphatic heterocycles. The average molecular weight is 409 g/mol. The number of carbonyl (C=O) groups excluding carboxylic acids is 2. The predicted molar refractivity (Wildman–Crippen MR) is 109 cm³/mol. The number of fused-ring (bicyclic) bond motifs is 2. The van der Waals surface area contributed by atoms with Gasteiger partial charge in [0.1, 0.15) is 29.6 Å². The van der Waals surface area contributed by atoms with Gasteiger partial charge in [-0.15, -0.1) is 0 Å². The Morgan fingerprint density at radius 3 is 2.93 bits per heavy atom. The Morgan fingerprint density at radius 1 is 1.33 bits per heavy atom. The van der Waals surface area contributed by atoms with E-state index in [2.05, 4.69) is 16.4 Å². The molecule has 2 aromatic heterocycles. The van der Waals surface area contributed by atoms with E-state index in [-0.39, 0.29) is 47.5 Å². The van der Waals surface area contributed by atoms with Crippen LogP contribution in [0.1, 0.15) is 53.1 Å². The molecule has 1 N–H and O–H groups in total. The first-order valence-corrected chi connectivity index (χ1v) is 10.0. The molecule has 8 nitrogen and oxygen atoms in total. The lowest BCUT2D eigenvalue weighted by molar-refractivity contribution is -0.122. The maximum atomic E-state index is 13.0. The molecule has 0 unspecified atom stereocenters. The zero-order valence-electron chi connectivity index (χ0n) is 16.9. The van der Waals surface area contributed by atoms with Gasteiger partial charge in [-0.25, -0.2) is 9.78 Å². The van der Waals surface area contributed by atoms with Crippen LogP contribution in [-0.2, 0) is 22.5 Å². The van der Waals surface area contributed by atoms with E-state index < -0.39 is 11.5 Å². The first-order valence-electron chi connectivity index (χ1n) is 10.0. The molecule has 0 spiro atoms. The third-order valence-corrected chi connectivity index (χ3v) is 5.35. The summed E-state index contributed by atoms with van der Waals surface area (Å²) >= 11 is 0. The van der Waals surface area contributed by atoms with E-state index >= 15 is 0 Å². The van der Waals surface area contributed by atoms with Crippen LogP contribution in [0.15, 0.2) is 39.8 Å². The van der Waals surface area contributed by atoms with Crippen molar-refractivity contribution in [1.29, 1.82) is 0 Å². The number of hydrogen-bond acceptors (Lipinski definition) is 6. The number of esters is 1. The fourth-order valence-electron chi connectivity index (χ4n) is 4.00. The van der Waals surface area contributed by atoms with Crippen molar-refractivity contribution in [3.63, 3.8) is 0 Å². The highest BCUT2D eigenvalue weighted by molar-refractivity contribution is 6.03. The first kappa shape index (κ1) is 19.9. The van der Waals surface area contributed by atoms with E-state index in [9.17, 15) is 14.4 Å². The van der Waals surface area contributed by atoms with Gasteiger partial charge in [-0.3, -0.25) is 14.2 Å². The minimum atomic E-state index is -0.645. The summed E-state index contributed by atoms with van der Waals surface area (Å²) in [6.07, 6.45) is 4.10. The van der Waals surface area contributed by atoms with E-state index in [1.165, 1.54) is 16.5 Å². The third-order valence-electron chi connectivity index (χ3n) is 5.35. The molecule has 0 saturated carbocycles. The molecule has 1 aromatic carbocycles. The van der Waals surface area contributed by atoms with Gasteiger partial charge < -0.3 is 14.5 Å². The zero-order chi connectivity index (χ0) is 21.3. The molecule has 0 fully saturated rings. The second-order valence-electron chi connectivity index (χ2n) is 7.32. The van der Waals surface area contributed by atoms with Gasteiger partial charge in [-0.1, -0.05) is 24.3 Å². The molecule has 2 heterocycles. The van der Waals surface area contributed by atoms with Crippen LogP contribution < -0.4 is 10.9 Å². The number of rotatable bonds is 5. The molecule has 0 saturated heterocycles. The Labute approximate surface area is 172 Å². The molecule has 1 amide bonds. The van der Waals surface area contributed by atoms with Gasteiger partial charge in [-0.2, -0.15) is 0 Å². The number of carbonyl (C=O) groups is 2. The number of aryl methyl sites for hydroxylation is 2. The molecule has 4 rings (SSSR count). The van der Waals surface area contributed by atoms with Gasteiger partial charge in [0.05, 0.1) is 12.6 Å². The Hall–Kier alpha value is -3.42. The molecule has 1 aliphatic carbocycles. The standard InChI is InChI=1S/C22H23N3O5/c1-3-29-22(28)18-13(2)30-20-19(18)21(27)25(12-23-20)11-17(26)24-16-10-6-8-14-7-4-5-9-15(14)16/h4-5,7,9,12,16H,3,6,8,10-11H2,1-2H3,(H,24,26)/t16-/m1/s1. The van der Waals surface area contributed by atoms with Gasteiger partial charge >= 0.3 is 5.97 Å². The SMILES string of the molecule is CCOC(=O)c1c(C)oc2ncn(CC(=O)N[C@@H]3CCCc4ccccc43)c(=O)c12. The summed E-state index contributed by atoms with van der Waals surface area (Å²) in [6.45, 7) is 3.22. The fraction of sp³-hybridized carbons (Fsp3) is 0.364. The van der Waals surface area contributed by atoms with Crippen molar-refractivity contribution in [2.75, 3.05) is 6.61 Å².